The van der Waals surface area contributed by atoms with Crippen molar-refractivity contribution in [3.63, 3.8) is 0 Å². The molecule has 0 radical (unpaired) electrons. The van der Waals surface area contributed by atoms with E-state index in [-0.39, 0.29) is 11.4 Å². The van der Waals surface area contributed by atoms with E-state index in [2.05, 4.69) is 4.98 Å². The number of benzene rings is 1. The highest BCUT2D eigenvalue weighted by molar-refractivity contribution is 6.33. The van der Waals surface area contributed by atoms with Gasteiger partial charge in [-0.15, -0.1) is 0 Å². The Morgan fingerprint density at radius 1 is 1.35 bits per heavy atom. The lowest BCUT2D eigenvalue weighted by molar-refractivity contribution is 0.0692. The number of halogens is 1. The van der Waals surface area contributed by atoms with E-state index < -0.39 is 5.97 Å². The van der Waals surface area contributed by atoms with Crippen molar-refractivity contribution < 1.29 is 9.90 Å². The smallest absolute Gasteiger partial charge is 0.356 e. The highest BCUT2D eigenvalue weighted by Crippen LogP contribution is 2.28. The number of hydrogen-bond donors (Lipinski definition) is 2. The van der Waals surface area contributed by atoms with Gasteiger partial charge in [0.1, 0.15) is 0 Å². The molecule has 0 atom stereocenters. The average molecular weight is 249 g/mol. The molecule has 0 aliphatic carbocycles. The van der Waals surface area contributed by atoms with Crippen LogP contribution in [0.2, 0.25) is 5.02 Å². The average Bonchev–Trinajstić information content (AvgIpc) is 2.29. The Balaban J connectivity index is 2.52. The van der Waals surface area contributed by atoms with E-state index in [4.69, 9.17) is 22.4 Å². The normalized spacial score (nSPS) is 10.2. The van der Waals surface area contributed by atoms with Gasteiger partial charge in [-0.1, -0.05) is 29.8 Å². The number of pyridine rings is 1. The van der Waals surface area contributed by atoms with Gasteiger partial charge in [0.05, 0.1) is 5.69 Å². The number of carboxylic acid groups (broad SMARTS) is 1. The number of hydrogen-bond acceptors (Lipinski definition) is 3. The largest absolute Gasteiger partial charge is 0.476 e. The molecule has 3 N–H and O–H groups in total. The zero-order valence-corrected chi connectivity index (χ0v) is 9.48. The summed E-state index contributed by atoms with van der Waals surface area (Å²) in [4.78, 5) is 14.6. The maximum absolute atomic E-state index is 10.8. The summed E-state index contributed by atoms with van der Waals surface area (Å²) in [7, 11) is 0. The lowest BCUT2D eigenvalue weighted by Gasteiger charge is -2.06. The highest BCUT2D eigenvalue weighted by atomic mass is 35.5. The molecule has 4 nitrogen and oxygen atoms in total. The van der Waals surface area contributed by atoms with Crippen molar-refractivity contribution >= 4 is 23.3 Å². The second-order valence-electron chi connectivity index (χ2n) is 3.45. The second kappa shape index (κ2) is 4.43. The fourth-order valence-corrected chi connectivity index (χ4v) is 1.75. The lowest BCUT2D eigenvalue weighted by Crippen LogP contribution is -2.05. The molecule has 0 saturated carbocycles. The monoisotopic (exact) mass is 248 g/mol. The summed E-state index contributed by atoms with van der Waals surface area (Å²) < 4.78 is 0. The van der Waals surface area contributed by atoms with Crippen molar-refractivity contribution in [2.45, 2.75) is 0 Å². The fourth-order valence-electron chi connectivity index (χ4n) is 1.50. The van der Waals surface area contributed by atoms with E-state index in [1.165, 1.54) is 6.20 Å². The molecule has 0 aliphatic rings. The van der Waals surface area contributed by atoms with Crippen molar-refractivity contribution in [2.75, 3.05) is 5.73 Å². The van der Waals surface area contributed by atoms with Crippen LogP contribution in [0.25, 0.3) is 11.1 Å². The van der Waals surface area contributed by atoms with Gasteiger partial charge in [0, 0.05) is 22.3 Å². The number of nitrogens with two attached hydrogens (primary N) is 1. The third kappa shape index (κ3) is 2.21. The molecule has 17 heavy (non-hydrogen) atoms. The SMILES string of the molecule is Nc1cc(-c2ccccc2Cl)cnc1C(=O)O. The molecular formula is C12H9ClN2O2. The van der Waals surface area contributed by atoms with Crippen LogP contribution in [0.15, 0.2) is 36.5 Å². The van der Waals surface area contributed by atoms with Crippen molar-refractivity contribution in [3.8, 4) is 11.1 Å². The first-order chi connectivity index (χ1) is 8.09. The molecular weight excluding hydrogens is 240 g/mol. The van der Waals surface area contributed by atoms with E-state index in [9.17, 15) is 4.79 Å². The minimum atomic E-state index is -1.15. The Morgan fingerprint density at radius 3 is 2.65 bits per heavy atom. The molecule has 1 aromatic carbocycles. The molecule has 2 rings (SSSR count). The van der Waals surface area contributed by atoms with Gasteiger partial charge >= 0.3 is 5.97 Å². The second-order valence-corrected chi connectivity index (χ2v) is 3.85. The molecule has 0 aliphatic heterocycles. The van der Waals surface area contributed by atoms with Gasteiger partial charge in [-0.05, 0) is 12.1 Å². The Labute approximate surface area is 103 Å². The summed E-state index contributed by atoms with van der Waals surface area (Å²) >= 11 is 6.03. The molecule has 0 fully saturated rings. The van der Waals surface area contributed by atoms with Gasteiger partial charge in [-0.2, -0.15) is 0 Å². The zero-order chi connectivity index (χ0) is 12.4. The molecule has 86 valence electrons. The molecule has 0 amide bonds. The third-order valence-corrected chi connectivity index (χ3v) is 2.63. The fraction of sp³-hybridized carbons (Fsp3) is 0. The first kappa shape index (κ1) is 11.4. The van der Waals surface area contributed by atoms with Gasteiger partial charge in [-0.25, -0.2) is 9.78 Å². The van der Waals surface area contributed by atoms with E-state index >= 15 is 0 Å². The number of rotatable bonds is 2. The number of carboxylic acids is 1. The quantitative estimate of drug-likeness (QED) is 0.857. The molecule has 5 heteroatoms. The van der Waals surface area contributed by atoms with Crippen molar-refractivity contribution in [2.24, 2.45) is 0 Å². The summed E-state index contributed by atoms with van der Waals surface area (Å²) in [6, 6.07) is 8.77. The Kier molecular flexibility index (Phi) is 2.97. The van der Waals surface area contributed by atoms with Crippen LogP contribution < -0.4 is 5.73 Å². The number of nitrogens with zero attached hydrogens (tertiary/aromatic N) is 1. The first-order valence-electron chi connectivity index (χ1n) is 4.83. The maximum Gasteiger partial charge on any atom is 0.356 e. The molecule has 0 unspecified atom stereocenters. The number of aromatic nitrogens is 1. The highest BCUT2D eigenvalue weighted by Gasteiger charge is 2.11. The van der Waals surface area contributed by atoms with Crippen LogP contribution in [-0.2, 0) is 0 Å². The van der Waals surface area contributed by atoms with Crippen LogP contribution in [0.4, 0.5) is 5.69 Å². The van der Waals surface area contributed by atoms with Crippen LogP contribution in [0, 0.1) is 0 Å². The van der Waals surface area contributed by atoms with Crippen molar-refractivity contribution in [1.82, 2.24) is 4.98 Å². The summed E-state index contributed by atoms with van der Waals surface area (Å²) in [6.07, 6.45) is 1.45. The molecule has 0 spiro atoms. The Hall–Kier alpha value is -2.07. The number of aromatic carboxylic acids is 1. The maximum atomic E-state index is 10.8. The molecule has 1 aromatic heterocycles. The Morgan fingerprint density at radius 2 is 2.06 bits per heavy atom. The van der Waals surface area contributed by atoms with Crippen LogP contribution in [0.1, 0.15) is 10.5 Å². The van der Waals surface area contributed by atoms with Crippen LogP contribution >= 0.6 is 11.6 Å². The van der Waals surface area contributed by atoms with Crippen LogP contribution in [-0.4, -0.2) is 16.1 Å². The third-order valence-electron chi connectivity index (χ3n) is 2.30. The topological polar surface area (TPSA) is 76.2 Å². The predicted octanol–water partition coefficient (Wildman–Crippen LogP) is 2.68. The van der Waals surface area contributed by atoms with Gasteiger partial charge in [0.25, 0.3) is 0 Å². The summed E-state index contributed by atoms with van der Waals surface area (Å²) in [5.41, 5.74) is 7.05. The summed E-state index contributed by atoms with van der Waals surface area (Å²) in [6.45, 7) is 0. The van der Waals surface area contributed by atoms with Gasteiger partial charge < -0.3 is 10.8 Å². The molecule has 1 heterocycles. The van der Waals surface area contributed by atoms with E-state index in [0.717, 1.165) is 5.56 Å². The summed E-state index contributed by atoms with van der Waals surface area (Å²) in [5.74, 6) is -1.15. The van der Waals surface area contributed by atoms with Crippen LogP contribution in [0.3, 0.4) is 0 Å². The van der Waals surface area contributed by atoms with Crippen molar-refractivity contribution in [1.29, 1.82) is 0 Å². The standard InChI is InChI=1S/C12H9ClN2O2/c13-9-4-2-1-3-8(9)7-5-10(14)11(12(16)17)15-6-7/h1-6H,14H2,(H,16,17). The van der Waals surface area contributed by atoms with E-state index in [1.807, 2.05) is 18.2 Å². The van der Waals surface area contributed by atoms with E-state index in [1.54, 1.807) is 12.1 Å². The van der Waals surface area contributed by atoms with E-state index in [0.29, 0.717) is 10.6 Å². The lowest BCUT2D eigenvalue weighted by atomic mass is 10.1. The first-order valence-corrected chi connectivity index (χ1v) is 5.21. The van der Waals surface area contributed by atoms with Gasteiger partial charge in [0.15, 0.2) is 5.69 Å². The van der Waals surface area contributed by atoms with Crippen LogP contribution in [0.5, 0.6) is 0 Å². The van der Waals surface area contributed by atoms with Gasteiger partial charge in [-0.3, -0.25) is 0 Å². The minimum absolute atomic E-state index is 0.120. The molecule has 2 aromatic rings. The minimum Gasteiger partial charge on any atom is -0.476 e. The van der Waals surface area contributed by atoms with Gasteiger partial charge in [0.2, 0.25) is 0 Å². The number of nitrogen functional groups attached to an aromatic ring is 1. The zero-order valence-electron chi connectivity index (χ0n) is 8.72. The molecule has 0 saturated heterocycles. The molecule has 0 bridgehead atoms. The number of carbonyl (C=O) groups is 1. The predicted molar refractivity (Wildman–Crippen MR) is 66.1 cm³/mol. The summed E-state index contributed by atoms with van der Waals surface area (Å²) in [5, 5.41) is 9.38. The van der Waals surface area contributed by atoms with Crippen molar-refractivity contribution in [3.05, 3.63) is 47.2 Å². The number of anilines is 1. The Bertz CT molecular complexity index is 584.